The van der Waals surface area contributed by atoms with E-state index in [0.717, 1.165) is 6.42 Å². The lowest BCUT2D eigenvalue weighted by Crippen LogP contribution is -2.28. The van der Waals surface area contributed by atoms with Gasteiger partial charge in [-0.1, -0.05) is 57.2 Å². The number of aliphatic imine (C=N–C) groups is 1. The molecule has 1 aliphatic carbocycles. The van der Waals surface area contributed by atoms with Crippen molar-refractivity contribution in [3.63, 3.8) is 0 Å². The molecule has 0 radical (unpaired) electrons. The maximum Gasteiger partial charge on any atom is 0.0816 e. The molecular formula is C24H26N2. The van der Waals surface area contributed by atoms with Crippen LogP contribution in [0.3, 0.4) is 0 Å². The second-order valence-electron chi connectivity index (χ2n) is 7.81. The zero-order valence-electron chi connectivity index (χ0n) is 15.8. The van der Waals surface area contributed by atoms with Crippen molar-refractivity contribution in [1.29, 1.82) is 0 Å². The van der Waals surface area contributed by atoms with Crippen LogP contribution < -0.4 is 0 Å². The summed E-state index contributed by atoms with van der Waals surface area (Å²) in [6.45, 7) is 6.91. The fraction of sp³-hybridized carbons (Fsp3) is 0.333. The van der Waals surface area contributed by atoms with Gasteiger partial charge in [-0.15, -0.1) is 0 Å². The molecule has 0 bridgehead atoms. The average molecular weight is 342 g/mol. The topological polar surface area (TPSA) is 25.2 Å². The van der Waals surface area contributed by atoms with Crippen LogP contribution in [0.15, 0.2) is 77.1 Å². The van der Waals surface area contributed by atoms with E-state index in [1.165, 1.54) is 27.5 Å². The molecule has 0 fully saturated rings. The number of dihydropyridines is 1. The fourth-order valence-corrected chi connectivity index (χ4v) is 4.29. The normalized spacial score (nSPS) is 22.9. The van der Waals surface area contributed by atoms with E-state index >= 15 is 0 Å². The third kappa shape index (κ3) is 3.05. The van der Waals surface area contributed by atoms with Gasteiger partial charge in [-0.3, -0.25) is 9.98 Å². The third-order valence-corrected chi connectivity index (χ3v) is 5.72. The fourth-order valence-electron chi connectivity index (χ4n) is 4.29. The van der Waals surface area contributed by atoms with Crippen molar-refractivity contribution >= 4 is 17.0 Å². The molecule has 1 aromatic heterocycles. The summed E-state index contributed by atoms with van der Waals surface area (Å²) < 4.78 is 0. The van der Waals surface area contributed by atoms with Gasteiger partial charge in [0.05, 0.1) is 6.04 Å². The highest BCUT2D eigenvalue weighted by atomic mass is 14.8. The Bertz CT molecular complexity index is 925. The van der Waals surface area contributed by atoms with Crippen molar-refractivity contribution in [3.8, 4) is 0 Å². The van der Waals surface area contributed by atoms with Crippen molar-refractivity contribution in [2.45, 2.75) is 39.2 Å². The number of rotatable bonds is 4. The smallest absolute Gasteiger partial charge is 0.0816 e. The highest BCUT2D eigenvalue weighted by Gasteiger charge is 2.30. The minimum absolute atomic E-state index is 0.281. The van der Waals surface area contributed by atoms with Crippen LogP contribution in [0.4, 0.5) is 0 Å². The van der Waals surface area contributed by atoms with E-state index in [4.69, 9.17) is 4.99 Å². The molecule has 2 heterocycles. The van der Waals surface area contributed by atoms with Crippen LogP contribution in [0.25, 0.3) is 10.8 Å². The second-order valence-corrected chi connectivity index (χ2v) is 7.81. The molecule has 3 unspecified atom stereocenters. The number of fused-ring (bicyclic) bond motifs is 2. The quantitative estimate of drug-likeness (QED) is 0.681. The van der Waals surface area contributed by atoms with Gasteiger partial charge >= 0.3 is 0 Å². The van der Waals surface area contributed by atoms with Gasteiger partial charge in [0, 0.05) is 29.9 Å². The van der Waals surface area contributed by atoms with Gasteiger partial charge in [0.15, 0.2) is 0 Å². The monoisotopic (exact) mass is 342 g/mol. The van der Waals surface area contributed by atoms with Crippen molar-refractivity contribution in [2.75, 3.05) is 0 Å². The Balaban J connectivity index is 1.67. The minimum atomic E-state index is 0.281. The largest absolute Gasteiger partial charge is 0.284 e. The summed E-state index contributed by atoms with van der Waals surface area (Å²) in [5, 5.41) is 2.53. The van der Waals surface area contributed by atoms with E-state index < -0.39 is 0 Å². The number of hydrogen-bond donors (Lipinski definition) is 0. The Kier molecular flexibility index (Phi) is 4.58. The second kappa shape index (κ2) is 7.03. The third-order valence-electron chi connectivity index (χ3n) is 5.72. The number of benzene rings is 1. The first-order chi connectivity index (χ1) is 12.6. The van der Waals surface area contributed by atoms with Crippen LogP contribution in [-0.2, 0) is 0 Å². The van der Waals surface area contributed by atoms with E-state index in [9.17, 15) is 0 Å². The molecule has 0 N–H and O–H groups in total. The van der Waals surface area contributed by atoms with E-state index in [-0.39, 0.29) is 6.04 Å². The predicted octanol–water partition coefficient (Wildman–Crippen LogP) is 5.88. The molecule has 2 aliphatic rings. The molecule has 4 rings (SSSR count). The number of pyridine rings is 1. The van der Waals surface area contributed by atoms with E-state index in [1.54, 1.807) is 0 Å². The molecule has 3 atom stereocenters. The highest BCUT2D eigenvalue weighted by Crippen LogP contribution is 2.38. The highest BCUT2D eigenvalue weighted by molar-refractivity contribution is 5.85. The first-order valence-corrected chi connectivity index (χ1v) is 9.59. The summed E-state index contributed by atoms with van der Waals surface area (Å²) in [6, 6.07) is 8.96. The van der Waals surface area contributed by atoms with Crippen molar-refractivity contribution in [1.82, 2.24) is 4.98 Å². The maximum absolute atomic E-state index is 4.81. The summed E-state index contributed by atoms with van der Waals surface area (Å²) >= 11 is 0. The zero-order chi connectivity index (χ0) is 18.1. The molecule has 0 saturated carbocycles. The molecule has 132 valence electrons. The summed E-state index contributed by atoms with van der Waals surface area (Å²) in [5.74, 6) is 1.54. The molecule has 0 saturated heterocycles. The number of nitrogens with zero attached hydrogens (tertiary/aromatic N) is 2. The molecule has 1 aromatic carbocycles. The Labute approximate surface area is 156 Å². The predicted molar refractivity (Wildman–Crippen MR) is 111 cm³/mol. The maximum atomic E-state index is 4.81. The Hall–Kier alpha value is -2.48. The molecule has 26 heavy (non-hydrogen) atoms. The molecular weight excluding hydrogens is 316 g/mol. The average Bonchev–Trinajstić information content (AvgIpc) is 2.67. The van der Waals surface area contributed by atoms with E-state index in [1.807, 2.05) is 18.6 Å². The van der Waals surface area contributed by atoms with Crippen LogP contribution >= 0.6 is 0 Å². The number of allylic oxidation sites excluding steroid dienone is 3. The first kappa shape index (κ1) is 17.0. The number of aromatic nitrogens is 1. The molecule has 2 heteroatoms. The lowest BCUT2D eigenvalue weighted by atomic mass is 9.76. The van der Waals surface area contributed by atoms with Crippen molar-refractivity contribution in [3.05, 3.63) is 77.7 Å². The van der Waals surface area contributed by atoms with Gasteiger partial charge in [0.2, 0.25) is 0 Å². The summed E-state index contributed by atoms with van der Waals surface area (Å²) in [6.07, 6.45) is 15.9. The van der Waals surface area contributed by atoms with E-state index in [0.29, 0.717) is 17.8 Å². The summed E-state index contributed by atoms with van der Waals surface area (Å²) in [7, 11) is 0. The van der Waals surface area contributed by atoms with Crippen LogP contribution in [0.1, 0.15) is 38.7 Å². The molecule has 1 aliphatic heterocycles. The summed E-state index contributed by atoms with van der Waals surface area (Å²) in [4.78, 5) is 9.07. The molecule has 0 amide bonds. The zero-order valence-corrected chi connectivity index (χ0v) is 15.8. The van der Waals surface area contributed by atoms with Crippen LogP contribution in [0.2, 0.25) is 0 Å². The Morgan fingerprint density at radius 3 is 2.81 bits per heavy atom. The van der Waals surface area contributed by atoms with Gasteiger partial charge < -0.3 is 0 Å². The summed E-state index contributed by atoms with van der Waals surface area (Å²) in [5.41, 5.74) is 4.23. The lowest BCUT2D eigenvalue weighted by molar-refractivity contribution is 0.414. The number of hydrogen-bond acceptors (Lipinski definition) is 2. The van der Waals surface area contributed by atoms with Crippen LogP contribution in [0, 0.1) is 11.8 Å². The Morgan fingerprint density at radius 1 is 1.08 bits per heavy atom. The van der Waals surface area contributed by atoms with Gasteiger partial charge in [-0.25, -0.2) is 0 Å². The van der Waals surface area contributed by atoms with Crippen LogP contribution in [-0.4, -0.2) is 17.2 Å². The van der Waals surface area contributed by atoms with Crippen molar-refractivity contribution < 1.29 is 0 Å². The first-order valence-electron chi connectivity index (χ1n) is 9.59. The van der Waals surface area contributed by atoms with Gasteiger partial charge in [-0.2, -0.15) is 0 Å². The molecule has 0 spiro atoms. The molecule has 2 nitrogen and oxygen atoms in total. The standard InChI is InChI=1S/C24H26N2/c1-16(2)20-10-9-18(23-8-5-12-26-24(20)23)14-17(3)21-7-4-6-19-15-25-13-11-22(19)21/h4-13,15-17,20,24H,14H2,1-3H3. The van der Waals surface area contributed by atoms with Crippen molar-refractivity contribution in [2.24, 2.45) is 16.8 Å². The minimum Gasteiger partial charge on any atom is -0.284 e. The van der Waals surface area contributed by atoms with Gasteiger partial charge in [0.1, 0.15) is 0 Å². The molecule has 2 aromatic rings. The Morgan fingerprint density at radius 2 is 1.96 bits per heavy atom. The van der Waals surface area contributed by atoms with Crippen LogP contribution in [0.5, 0.6) is 0 Å². The van der Waals surface area contributed by atoms with Gasteiger partial charge in [0.25, 0.3) is 0 Å². The van der Waals surface area contributed by atoms with Gasteiger partial charge in [-0.05, 0) is 52.5 Å². The SMILES string of the molecule is CC(CC1=C2C=CC=NC2C(C(C)C)C=C1)c1cccc2cnccc12. The lowest BCUT2D eigenvalue weighted by Gasteiger charge is -2.32. The van der Waals surface area contributed by atoms with E-state index in [2.05, 4.69) is 74.3 Å².